The quantitative estimate of drug-likeness (QED) is 0.551. The molecule has 0 saturated carbocycles. The van der Waals surface area contributed by atoms with Gasteiger partial charge in [0.15, 0.2) is 0 Å². The van der Waals surface area contributed by atoms with E-state index in [1.54, 1.807) is 4.90 Å². The van der Waals surface area contributed by atoms with Gasteiger partial charge in [0, 0.05) is 19.5 Å². The number of hydrogen-bond donors (Lipinski definition) is 3. The van der Waals surface area contributed by atoms with E-state index in [0.29, 0.717) is 45.2 Å². The summed E-state index contributed by atoms with van der Waals surface area (Å²) in [6.07, 6.45) is 4.23. The minimum absolute atomic E-state index is 0.200. The fraction of sp³-hybridized carbons (Fsp3) is 0.583. The summed E-state index contributed by atoms with van der Waals surface area (Å²) in [5.41, 5.74) is 0.920. The number of carboxylic acids is 1. The van der Waals surface area contributed by atoms with Crippen LogP contribution in [0.1, 0.15) is 44.1 Å². The van der Waals surface area contributed by atoms with E-state index in [2.05, 4.69) is 10.6 Å². The van der Waals surface area contributed by atoms with Crippen molar-refractivity contribution in [3.05, 3.63) is 35.9 Å². The lowest BCUT2D eigenvalue weighted by atomic mass is 10.0. The molecular weight excluding hydrogens is 424 g/mol. The summed E-state index contributed by atoms with van der Waals surface area (Å²) < 4.78 is 0. The Morgan fingerprint density at radius 2 is 1.67 bits per heavy atom. The topological polar surface area (TPSA) is 119 Å². The molecule has 4 unspecified atom stereocenters. The number of amides is 3. The van der Waals surface area contributed by atoms with Crippen molar-refractivity contribution >= 4 is 23.7 Å². The number of carboxylic acid groups (broad SMARTS) is 1. The number of hydrogen-bond acceptors (Lipinski definition) is 5. The highest BCUT2D eigenvalue weighted by atomic mass is 16.4. The third-order valence-electron chi connectivity index (χ3n) is 6.92. The fourth-order valence-corrected chi connectivity index (χ4v) is 5.20. The van der Waals surface area contributed by atoms with Crippen LogP contribution in [0.3, 0.4) is 0 Å². The Morgan fingerprint density at radius 1 is 0.970 bits per heavy atom. The standard InChI is InChI=1S/C24H32N4O5/c29-21(17-9-4-12-25-17)26-18(15-16-7-2-1-3-8-16)22(30)27-13-5-10-19(27)23(31)28-14-6-11-20(28)24(32)33/h1-3,7-8,17-20,25H,4-6,9-15H2,(H,26,29)(H,32,33). The normalized spacial score (nSPS) is 25.8. The summed E-state index contributed by atoms with van der Waals surface area (Å²) >= 11 is 0. The first-order valence-electron chi connectivity index (χ1n) is 11.9. The molecule has 4 rings (SSSR count). The van der Waals surface area contributed by atoms with Crippen molar-refractivity contribution in [2.75, 3.05) is 19.6 Å². The van der Waals surface area contributed by atoms with E-state index in [1.807, 2.05) is 30.3 Å². The third kappa shape index (κ3) is 5.19. The zero-order valence-corrected chi connectivity index (χ0v) is 18.7. The van der Waals surface area contributed by atoms with Crippen LogP contribution in [0, 0.1) is 0 Å². The number of nitrogens with zero attached hydrogens (tertiary/aromatic N) is 2. The highest BCUT2D eigenvalue weighted by molar-refractivity contribution is 5.95. The highest BCUT2D eigenvalue weighted by Crippen LogP contribution is 2.26. The van der Waals surface area contributed by atoms with Gasteiger partial charge >= 0.3 is 5.97 Å². The Labute approximate surface area is 193 Å². The van der Waals surface area contributed by atoms with Crippen molar-refractivity contribution in [1.82, 2.24) is 20.4 Å². The van der Waals surface area contributed by atoms with E-state index in [9.17, 15) is 24.3 Å². The smallest absolute Gasteiger partial charge is 0.326 e. The number of likely N-dealkylation sites (tertiary alicyclic amines) is 2. The molecule has 0 aliphatic carbocycles. The molecule has 4 atom stereocenters. The summed E-state index contributed by atoms with van der Waals surface area (Å²) in [6, 6.07) is 6.88. The molecule has 3 saturated heterocycles. The minimum atomic E-state index is -1.00. The van der Waals surface area contributed by atoms with Crippen LogP contribution in [0.15, 0.2) is 30.3 Å². The minimum Gasteiger partial charge on any atom is -0.480 e. The fourth-order valence-electron chi connectivity index (χ4n) is 5.20. The summed E-state index contributed by atoms with van der Waals surface area (Å²) in [5.74, 6) is -1.79. The molecule has 178 valence electrons. The molecule has 3 heterocycles. The van der Waals surface area contributed by atoms with Crippen molar-refractivity contribution in [2.45, 2.75) is 69.1 Å². The van der Waals surface area contributed by atoms with Gasteiger partial charge in [0.1, 0.15) is 18.1 Å². The molecule has 3 fully saturated rings. The Bertz CT molecular complexity index is 886. The van der Waals surface area contributed by atoms with Crippen LogP contribution < -0.4 is 10.6 Å². The molecule has 3 aliphatic rings. The Hall–Kier alpha value is -2.94. The molecule has 3 aliphatic heterocycles. The lowest BCUT2D eigenvalue weighted by Crippen LogP contribution is -2.57. The summed E-state index contributed by atoms with van der Waals surface area (Å²) in [6.45, 7) is 1.59. The largest absolute Gasteiger partial charge is 0.480 e. The Balaban J connectivity index is 1.51. The molecule has 3 N–H and O–H groups in total. The first kappa shape index (κ1) is 23.2. The molecule has 1 aromatic rings. The van der Waals surface area contributed by atoms with Gasteiger partial charge in [-0.05, 0) is 50.6 Å². The van der Waals surface area contributed by atoms with Gasteiger partial charge in [0.05, 0.1) is 6.04 Å². The SMILES string of the molecule is O=C(NC(Cc1ccccc1)C(=O)N1CCCC1C(=O)N1CCCC1C(=O)O)C1CCCN1. The molecule has 1 aromatic carbocycles. The van der Waals surface area contributed by atoms with Gasteiger partial charge in [-0.2, -0.15) is 0 Å². The molecule has 9 heteroatoms. The van der Waals surface area contributed by atoms with Crippen LogP contribution in [0.2, 0.25) is 0 Å². The molecule has 0 bridgehead atoms. The maximum absolute atomic E-state index is 13.6. The molecular formula is C24H32N4O5. The Morgan fingerprint density at radius 3 is 2.33 bits per heavy atom. The van der Waals surface area contributed by atoms with E-state index >= 15 is 0 Å². The van der Waals surface area contributed by atoms with Crippen LogP contribution in [-0.2, 0) is 25.6 Å². The number of rotatable bonds is 7. The van der Waals surface area contributed by atoms with Gasteiger partial charge in [0.25, 0.3) is 0 Å². The number of carbonyl (C=O) groups excluding carboxylic acids is 3. The lowest BCUT2D eigenvalue weighted by molar-refractivity contribution is -0.152. The monoisotopic (exact) mass is 456 g/mol. The van der Waals surface area contributed by atoms with E-state index < -0.39 is 24.1 Å². The molecule has 0 spiro atoms. The lowest BCUT2D eigenvalue weighted by Gasteiger charge is -2.32. The zero-order chi connectivity index (χ0) is 23.4. The van der Waals surface area contributed by atoms with Crippen molar-refractivity contribution in [2.24, 2.45) is 0 Å². The van der Waals surface area contributed by atoms with Gasteiger partial charge < -0.3 is 25.5 Å². The van der Waals surface area contributed by atoms with Crippen molar-refractivity contribution < 1.29 is 24.3 Å². The number of nitrogens with one attached hydrogen (secondary N) is 2. The first-order chi connectivity index (χ1) is 16.0. The maximum atomic E-state index is 13.6. The van der Waals surface area contributed by atoms with Gasteiger partial charge in [0.2, 0.25) is 17.7 Å². The predicted octanol–water partition coefficient (Wildman–Crippen LogP) is 0.533. The van der Waals surface area contributed by atoms with Crippen LogP contribution in [0.4, 0.5) is 0 Å². The number of aliphatic carboxylic acids is 1. The van der Waals surface area contributed by atoms with Crippen LogP contribution in [0.25, 0.3) is 0 Å². The zero-order valence-electron chi connectivity index (χ0n) is 18.7. The molecule has 0 radical (unpaired) electrons. The van der Waals surface area contributed by atoms with Crippen molar-refractivity contribution in [3.8, 4) is 0 Å². The van der Waals surface area contributed by atoms with E-state index in [4.69, 9.17) is 0 Å². The van der Waals surface area contributed by atoms with Crippen LogP contribution in [-0.4, -0.2) is 82.4 Å². The van der Waals surface area contributed by atoms with E-state index in [0.717, 1.165) is 24.9 Å². The highest BCUT2D eigenvalue weighted by Gasteiger charge is 2.43. The van der Waals surface area contributed by atoms with Crippen molar-refractivity contribution in [3.63, 3.8) is 0 Å². The van der Waals surface area contributed by atoms with E-state index in [-0.39, 0.29) is 23.8 Å². The average Bonchev–Trinajstić information content (AvgIpc) is 3.59. The van der Waals surface area contributed by atoms with E-state index in [1.165, 1.54) is 4.90 Å². The maximum Gasteiger partial charge on any atom is 0.326 e. The number of carbonyl (C=O) groups is 4. The van der Waals surface area contributed by atoms with Crippen LogP contribution in [0.5, 0.6) is 0 Å². The summed E-state index contributed by atoms with van der Waals surface area (Å²) in [4.78, 5) is 54.3. The molecule has 9 nitrogen and oxygen atoms in total. The molecule has 3 amide bonds. The van der Waals surface area contributed by atoms with Crippen LogP contribution >= 0.6 is 0 Å². The molecule has 33 heavy (non-hydrogen) atoms. The Kier molecular flexibility index (Phi) is 7.27. The summed E-state index contributed by atoms with van der Waals surface area (Å²) in [7, 11) is 0. The van der Waals surface area contributed by atoms with Gasteiger partial charge in [-0.1, -0.05) is 30.3 Å². The number of benzene rings is 1. The second kappa shape index (κ2) is 10.3. The van der Waals surface area contributed by atoms with Gasteiger partial charge in [-0.3, -0.25) is 14.4 Å². The first-order valence-corrected chi connectivity index (χ1v) is 11.9. The summed E-state index contributed by atoms with van der Waals surface area (Å²) in [5, 5.41) is 15.6. The van der Waals surface area contributed by atoms with Gasteiger partial charge in [-0.25, -0.2) is 4.79 Å². The van der Waals surface area contributed by atoms with Gasteiger partial charge in [-0.15, -0.1) is 0 Å². The molecule has 0 aromatic heterocycles. The predicted molar refractivity (Wildman–Crippen MR) is 120 cm³/mol. The third-order valence-corrected chi connectivity index (χ3v) is 6.92. The second-order valence-corrected chi connectivity index (χ2v) is 9.12. The van der Waals surface area contributed by atoms with Crippen molar-refractivity contribution in [1.29, 1.82) is 0 Å². The second-order valence-electron chi connectivity index (χ2n) is 9.12. The average molecular weight is 457 g/mol.